The SMILES string of the molecule is COCCNC(=O)[C@H]1CN(S(=O)(=O)c2ccccc2)C[C@@H]1c1ccccc1C. The van der Waals surface area contributed by atoms with E-state index in [0.29, 0.717) is 13.2 Å². The maximum absolute atomic E-state index is 13.1. The van der Waals surface area contributed by atoms with Crippen molar-refractivity contribution in [2.45, 2.75) is 17.7 Å². The van der Waals surface area contributed by atoms with Gasteiger partial charge >= 0.3 is 0 Å². The monoisotopic (exact) mass is 402 g/mol. The van der Waals surface area contributed by atoms with E-state index in [0.717, 1.165) is 11.1 Å². The first-order valence-electron chi connectivity index (χ1n) is 9.32. The highest BCUT2D eigenvalue weighted by Gasteiger charge is 2.43. The van der Waals surface area contributed by atoms with E-state index in [9.17, 15) is 13.2 Å². The number of hydrogen-bond donors (Lipinski definition) is 1. The lowest BCUT2D eigenvalue weighted by atomic mass is 9.86. The molecule has 3 rings (SSSR count). The average Bonchev–Trinajstić information content (AvgIpc) is 3.15. The lowest BCUT2D eigenvalue weighted by molar-refractivity contribution is -0.125. The molecule has 1 aliphatic heterocycles. The first-order valence-corrected chi connectivity index (χ1v) is 10.8. The third kappa shape index (κ3) is 4.27. The Morgan fingerprint density at radius 3 is 2.46 bits per heavy atom. The van der Waals surface area contributed by atoms with Crippen LogP contribution in [0.25, 0.3) is 0 Å². The average molecular weight is 403 g/mol. The zero-order chi connectivity index (χ0) is 20.1. The Bertz CT molecular complexity index is 915. The highest BCUT2D eigenvalue weighted by atomic mass is 32.2. The van der Waals surface area contributed by atoms with Crippen LogP contribution in [0.3, 0.4) is 0 Å². The van der Waals surface area contributed by atoms with Gasteiger partial charge in [0.15, 0.2) is 0 Å². The van der Waals surface area contributed by atoms with Gasteiger partial charge in [-0.2, -0.15) is 4.31 Å². The van der Waals surface area contributed by atoms with E-state index in [1.807, 2.05) is 31.2 Å². The molecule has 0 radical (unpaired) electrons. The number of benzene rings is 2. The molecule has 0 spiro atoms. The van der Waals surface area contributed by atoms with Gasteiger partial charge in [0, 0.05) is 32.7 Å². The molecule has 1 saturated heterocycles. The molecule has 2 atom stereocenters. The zero-order valence-electron chi connectivity index (χ0n) is 16.2. The Balaban J connectivity index is 1.90. The van der Waals surface area contributed by atoms with Gasteiger partial charge in [-0.15, -0.1) is 0 Å². The van der Waals surface area contributed by atoms with Gasteiger partial charge in [-0.05, 0) is 30.2 Å². The number of ether oxygens (including phenoxy) is 1. The molecule has 28 heavy (non-hydrogen) atoms. The zero-order valence-corrected chi connectivity index (χ0v) is 17.0. The fraction of sp³-hybridized carbons (Fsp3) is 0.381. The lowest BCUT2D eigenvalue weighted by Gasteiger charge is -2.20. The molecule has 2 aromatic carbocycles. The van der Waals surface area contributed by atoms with Crippen molar-refractivity contribution < 1.29 is 17.9 Å². The lowest BCUT2D eigenvalue weighted by Crippen LogP contribution is -2.37. The number of carbonyl (C=O) groups excluding carboxylic acids is 1. The second kappa shape index (κ2) is 8.86. The number of nitrogens with zero attached hydrogens (tertiary/aromatic N) is 1. The quantitative estimate of drug-likeness (QED) is 0.720. The molecule has 1 aliphatic rings. The number of amides is 1. The van der Waals surface area contributed by atoms with Crippen molar-refractivity contribution >= 4 is 15.9 Å². The summed E-state index contributed by atoms with van der Waals surface area (Å²) in [5, 5.41) is 2.87. The largest absolute Gasteiger partial charge is 0.383 e. The highest BCUT2D eigenvalue weighted by Crippen LogP contribution is 2.37. The first kappa shape index (κ1) is 20.5. The number of methoxy groups -OCH3 is 1. The smallest absolute Gasteiger partial charge is 0.243 e. The molecule has 0 saturated carbocycles. The van der Waals surface area contributed by atoms with E-state index in [1.54, 1.807) is 37.4 Å². The maximum atomic E-state index is 13.1. The summed E-state index contributed by atoms with van der Waals surface area (Å²) in [4.78, 5) is 13.1. The van der Waals surface area contributed by atoms with Crippen LogP contribution in [0, 0.1) is 12.8 Å². The van der Waals surface area contributed by atoms with E-state index < -0.39 is 15.9 Å². The van der Waals surface area contributed by atoms with Gasteiger partial charge in [0.2, 0.25) is 15.9 Å². The molecule has 7 heteroatoms. The highest BCUT2D eigenvalue weighted by molar-refractivity contribution is 7.89. The maximum Gasteiger partial charge on any atom is 0.243 e. The number of sulfonamides is 1. The molecular weight excluding hydrogens is 376 g/mol. The first-order chi connectivity index (χ1) is 13.4. The summed E-state index contributed by atoms with van der Waals surface area (Å²) in [5.41, 5.74) is 2.07. The van der Waals surface area contributed by atoms with E-state index in [2.05, 4.69) is 5.32 Å². The normalized spacial score (nSPS) is 20.2. The van der Waals surface area contributed by atoms with Gasteiger partial charge < -0.3 is 10.1 Å². The van der Waals surface area contributed by atoms with E-state index in [1.165, 1.54) is 4.31 Å². The van der Waals surface area contributed by atoms with Crippen LogP contribution < -0.4 is 5.32 Å². The number of hydrogen-bond acceptors (Lipinski definition) is 4. The Labute approximate surface area is 166 Å². The van der Waals surface area contributed by atoms with Crippen LogP contribution in [0.5, 0.6) is 0 Å². The second-order valence-corrected chi connectivity index (χ2v) is 8.93. The fourth-order valence-corrected chi connectivity index (χ4v) is 5.21. The summed E-state index contributed by atoms with van der Waals surface area (Å²) < 4.78 is 32.6. The molecule has 150 valence electrons. The standard InChI is InChI=1S/C21H26N2O4S/c1-16-8-6-7-11-18(16)19-14-23(15-20(19)21(24)22-12-13-27-2)28(25,26)17-9-4-3-5-10-17/h3-11,19-20H,12-15H2,1-2H3,(H,22,24)/t19-,20+/m1/s1. The summed E-state index contributed by atoms with van der Waals surface area (Å²) >= 11 is 0. The van der Waals surface area contributed by atoms with E-state index >= 15 is 0 Å². The van der Waals surface area contributed by atoms with Crippen LogP contribution in [0.4, 0.5) is 0 Å². The van der Waals surface area contributed by atoms with Crippen LogP contribution in [0.2, 0.25) is 0 Å². The summed E-state index contributed by atoms with van der Waals surface area (Å²) in [6.45, 7) is 3.25. The van der Waals surface area contributed by atoms with Gasteiger partial charge in [-0.3, -0.25) is 4.79 Å². The van der Waals surface area contributed by atoms with Crippen molar-refractivity contribution in [2.75, 3.05) is 33.4 Å². The summed E-state index contributed by atoms with van der Waals surface area (Å²) in [6, 6.07) is 16.2. The minimum Gasteiger partial charge on any atom is -0.383 e. The van der Waals surface area contributed by atoms with Gasteiger partial charge in [-0.1, -0.05) is 42.5 Å². The summed E-state index contributed by atoms with van der Waals surface area (Å²) in [6.07, 6.45) is 0. The molecule has 6 nitrogen and oxygen atoms in total. The number of nitrogens with one attached hydrogen (secondary N) is 1. The third-order valence-electron chi connectivity index (χ3n) is 5.20. The molecule has 2 aromatic rings. The minimum absolute atomic E-state index is 0.143. The van der Waals surface area contributed by atoms with Gasteiger partial charge in [-0.25, -0.2) is 8.42 Å². The molecule has 1 fully saturated rings. The van der Waals surface area contributed by atoms with E-state index in [4.69, 9.17) is 4.74 Å². The Morgan fingerprint density at radius 1 is 1.11 bits per heavy atom. The van der Waals surface area contributed by atoms with Crippen molar-refractivity contribution in [2.24, 2.45) is 5.92 Å². The third-order valence-corrected chi connectivity index (χ3v) is 7.04. The predicted octanol–water partition coefficient (Wildman–Crippen LogP) is 2.16. The molecule has 1 N–H and O–H groups in total. The molecule has 0 aromatic heterocycles. The van der Waals surface area contributed by atoms with Gasteiger partial charge in [0.1, 0.15) is 0 Å². The predicted molar refractivity (Wildman–Crippen MR) is 107 cm³/mol. The van der Waals surface area contributed by atoms with Crippen LogP contribution in [-0.2, 0) is 19.6 Å². The molecule has 0 unspecified atom stereocenters. The molecule has 1 amide bonds. The van der Waals surface area contributed by atoms with Crippen LogP contribution in [-0.4, -0.2) is 52.0 Å². The molecule has 0 aliphatic carbocycles. The summed E-state index contributed by atoms with van der Waals surface area (Å²) in [5.74, 6) is -0.783. The fourth-order valence-electron chi connectivity index (χ4n) is 3.70. The van der Waals surface area contributed by atoms with Crippen molar-refractivity contribution in [1.29, 1.82) is 0 Å². The van der Waals surface area contributed by atoms with Crippen LogP contribution >= 0.6 is 0 Å². The van der Waals surface area contributed by atoms with Gasteiger partial charge in [0.25, 0.3) is 0 Å². The second-order valence-electron chi connectivity index (χ2n) is 6.99. The molecule has 1 heterocycles. The number of aryl methyl sites for hydroxylation is 1. The Hall–Kier alpha value is -2.22. The van der Waals surface area contributed by atoms with Crippen molar-refractivity contribution in [3.05, 3.63) is 65.7 Å². The van der Waals surface area contributed by atoms with Crippen LogP contribution in [0.15, 0.2) is 59.5 Å². The van der Waals surface area contributed by atoms with Crippen LogP contribution in [0.1, 0.15) is 17.0 Å². The summed E-state index contributed by atoms with van der Waals surface area (Å²) in [7, 11) is -2.08. The molecular formula is C21H26N2O4S. The Kier molecular flexibility index (Phi) is 6.49. The van der Waals surface area contributed by atoms with Gasteiger partial charge in [0.05, 0.1) is 17.4 Å². The number of carbonyl (C=O) groups is 1. The van der Waals surface area contributed by atoms with Crippen molar-refractivity contribution in [3.8, 4) is 0 Å². The van der Waals surface area contributed by atoms with E-state index in [-0.39, 0.29) is 29.8 Å². The Morgan fingerprint density at radius 2 is 1.79 bits per heavy atom. The topological polar surface area (TPSA) is 75.7 Å². The van der Waals surface area contributed by atoms with Crippen molar-refractivity contribution in [1.82, 2.24) is 9.62 Å². The minimum atomic E-state index is -3.66. The van der Waals surface area contributed by atoms with Crippen molar-refractivity contribution in [3.63, 3.8) is 0 Å². The molecule has 0 bridgehead atoms. The number of rotatable bonds is 7.